The number of aliphatic imine (C=N–C) groups is 1. The molecule has 1 atom stereocenters. The predicted molar refractivity (Wildman–Crippen MR) is 69.0 cm³/mol. The van der Waals surface area contributed by atoms with Gasteiger partial charge in [0.15, 0.2) is 0 Å². The lowest BCUT2D eigenvalue weighted by molar-refractivity contribution is 0.182. The van der Waals surface area contributed by atoms with Gasteiger partial charge in [-0.05, 0) is 25.5 Å². The van der Waals surface area contributed by atoms with Crippen molar-refractivity contribution in [3.05, 3.63) is 47.5 Å². The monoisotopic (exact) mass is 217 g/mol. The minimum absolute atomic E-state index is 0.0850. The molecule has 0 aliphatic carbocycles. The van der Waals surface area contributed by atoms with Gasteiger partial charge in [-0.3, -0.25) is 4.99 Å². The van der Waals surface area contributed by atoms with Crippen molar-refractivity contribution >= 4 is 6.21 Å². The largest absolute Gasteiger partial charge is 0.382 e. The maximum atomic E-state index is 5.18. The van der Waals surface area contributed by atoms with Gasteiger partial charge < -0.3 is 4.74 Å². The van der Waals surface area contributed by atoms with Crippen LogP contribution < -0.4 is 0 Å². The number of benzene rings is 1. The Morgan fingerprint density at radius 1 is 1.31 bits per heavy atom. The van der Waals surface area contributed by atoms with Crippen molar-refractivity contribution in [3.63, 3.8) is 0 Å². The lowest BCUT2D eigenvalue weighted by atomic mass is 10.1. The van der Waals surface area contributed by atoms with Crippen LogP contribution in [0.25, 0.3) is 0 Å². The first-order valence-corrected chi connectivity index (χ1v) is 5.44. The first-order valence-electron chi connectivity index (χ1n) is 5.44. The predicted octanol–water partition coefficient (Wildman–Crippen LogP) is 3.41. The van der Waals surface area contributed by atoms with E-state index in [0.29, 0.717) is 6.61 Å². The first kappa shape index (κ1) is 12.7. The Labute approximate surface area is 97.7 Å². The molecule has 2 heteroatoms. The van der Waals surface area contributed by atoms with Crippen molar-refractivity contribution in [2.75, 3.05) is 13.7 Å². The number of rotatable bonds is 5. The van der Waals surface area contributed by atoms with Gasteiger partial charge in [-0.25, -0.2) is 0 Å². The highest BCUT2D eigenvalue weighted by atomic mass is 16.5. The summed E-state index contributed by atoms with van der Waals surface area (Å²) in [5, 5.41) is 0. The summed E-state index contributed by atoms with van der Waals surface area (Å²) in [6.45, 7) is 4.72. The van der Waals surface area contributed by atoms with E-state index in [-0.39, 0.29) is 6.04 Å². The molecule has 1 aromatic rings. The Hall–Kier alpha value is -1.41. The lowest BCUT2D eigenvalue weighted by Crippen LogP contribution is -2.03. The summed E-state index contributed by atoms with van der Waals surface area (Å²) in [6.07, 6.45) is 3.86. The van der Waals surface area contributed by atoms with Crippen LogP contribution in [0.15, 0.2) is 47.0 Å². The minimum Gasteiger partial charge on any atom is -0.382 e. The van der Waals surface area contributed by atoms with E-state index in [2.05, 4.69) is 31.0 Å². The maximum absolute atomic E-state index is 5.18. The van der Waals surface area contributed by atoms with E-state index in [4.69, 9.17) is 4.74 Å². The van der Waals surface area contributed by atoms with Crippen molar-refractivity contribution in [1.82, 2.24) is 0 Å². The minimum atomic E-state index is 0.0850. The van der Waals surface area contributed by atoms with Crippen LogP contribution in [0.3, 0.4) is 0 Å². The number of nitrogens with zero attached hydrogens (tertiary/aromatic N) is 1. The molecule has 16 heavy (non-hydrogen) atoms. The number of hydrogen-bond donors (Lipinski definition) is 0. The third-order valence-corrected chi connectivity index (χ3v) is 2.18. The van der Waals surface area contributed by atoms with E-state index < -0.39 is 0 Å². The van der Waals surface area contributed by atoms with Crippen molar-refractivity contribution < 1.29 is 4.74 Å². The molecule has 1 aromatic carbocycles. The van der Waals surface area contributed by atoms with Gasteiger partial charge >= 0.3 is 0 Å². The van der Waals surface area contributed by atoms with Crippen LogP contribution in [-0.2, 0) is 4.74 Å². The Kier molecular flexibility index (Phi) is 5.51. The summed E-state index contributed by atoms with van der Waals surface area (Å²) in [5.41, 5.74) is 2.43. The number of methoxy groups -OCH3 is 1. The highest BCUT2D eigenvalue weighted by Crippen LogP contribution is 2.16. The molecule has 2 nitrogen and oxygen atoms in total. The van der Waals surface area contributed by atoms with Crippen LogP contribution >= 0.6 is 0 Å². The van der Waals surface area contributed by atoms with Gasteiger partial charge in [0.1, 0.15) is 0 Å². The lowest BCUT2D eigenvalue weighted by Gasteiger charge is -2.10. The Bertz CT molecular complexity index is 350. The summed E-state index contributed by atoms with van der Waals surface area (Å²) >= 11 is 0. The van der Waals surface area contributed by atoms with Crippen LogP contribution in [0.2, 0.25) is 0 Å². The Balaban J connectivity index is 2.76. The number of hydrogen-bond acceptors (Lipinski definition) is 2. The first-order chi connectivity index (χ1) is 7.74. The zero-order chi connectivity index (χ0) is 11.8. The summed E-state index contributed by atoms with van der Waals surface area (Å²) < 4.78 is 5.18. The van der Waals surface area contributed by atoms with Gasteiger partial charge in [0, 0.05) is 13.3 Å². The highest BCUT2D eigenvalue weighted by molar-refractivity contribution is 5.72. The molecule has 0 unspecified atom stereocenters. The third-order valence-electron chi connectivity index (χ3n) is 2.18. The van der Waals surface area contributed by atoms with Crippen molar-refractivity contribution in [2.24, 2.45) is 4.99 Å². The summed E-state index contributed by atoms with van der Waals surface area (Å²) in [7, 11) is 1.70. The summed E-state index contributed by atoms with van der Waals surface area (Å²) in [6, 6.07) is 10.3. The molecule has 0 bridgehead atoms. The van der Waals surface area contributed by atoms with Crippen molar-refractivity contribution in [3.8, 4) is 0 Å². The van der Waals surface area contributed by atoms with Gasteiger partial charge in [0.25, 0.3) is 0 Å². The van der Waals surface area contributed by atoms with E-state index >= 15 is 0 Å². The second-order valence-electron chi connectivity index (χ2n) is 3.92. The van der Waals surface area contributed by atoms with Crippen LogP contribution in [0.5, 0.6) is 0 Å². The second kappa shape index (κ2) is 6.96. The molecular weight excluding hydrogens is 198 g/mol. The summed E-state index contributed by atoms with van der Waals surface area (Å²) in [5.74, 6) is 0. The molecule has 0 N–H and O–H groups in total. The average molecular weight is 217 g/mol. The van der Waals surface area contributed by atoms with Gasteiger partial charge in [0.05, 0.1) is 12.6 Å². The summed E-state index contributed by atoms with van der Waals surface area (Å²) in [4.78, 5) is 4.50. The molecule has 1 rings (SSSR count). The van der Waals surface area contributed by atoms with E-state index in [0.717, 1.165) is 0 Å². The molecule has 0 saturated carbocycles. The molecule has 0 saturated heterocycles. The fraction of sp³-hybridized carbons (Fsp3) is 0.357. The fourth-order valence-corrected chi connectivity index (χ4v) is 1.35. The standard InChI is InChI=1S/C14H19NO/c1-12(2)9-10-15-14(11-16-3)13-7-5-4-6-8-13/h4-10,14H,11H2,1-3H3/t14-/m0/s1. The number of ether oxygens (including phenoxy) is 1. The van der Waals surface area contributed by atoms with E-state index in [1.165, 1.54) is 11.1 Å². The SMILES string of the molecule is COC[C@H](N=CC=C(C)C)c1ccccc1. The molecule has 0 fully saturated rings. The molecule has 0 spiro atoms. The topological polar surface area (TPSA) is 21.6 Å². The van der Waals surface area contributed by atoms with Crippen LogP contribution in [0.4, 0.5) is 0 Å². The molecule has 0 aromatic heterocycles. The molecule has 86 valence electrons. The van der Waals surface area contributed by atoms with Crippen LogP contribution in [-0.4, -0.2) is 19.9 Å². The molecule has 0 aliphatic rings. The van der Waals surface area contributed by atoms with Gasteiger partial charge in [-0.2, -0.15) is 0 Å². The zero-order valence-electron chi connectivity index (χ0n) is 10.2. The molecular formula is C14H19NO. The van der Waals surface area contributed by atoms with Gasteiger partial charge in [-0.15, -0.1) is 0 Å². The number of allylic oxidation sites excluding steroid dienone is 2. The fourth-order valence-electron chi connectivity index (χ4n) is 1.35. The van der Waals surface area contributed by atoms with Crippen LogP contribution in [0.1, 0.15) is 25.5 Å². The van der Waals surface area contributed by atoms with Crippen LogP contribution in [0, 0.1) is 0 Å². The Morgan fingerprint density at radius 2 is 2.00 bits per heavy atom. The Morgan fingerprint density at radius 3 is 2.56 bits per heavy atom. The molecule has 0 amide bonds. The highest BCUT2D eigenvalue weighted by Gasteiger charge is 2.07. The molecule has 0 aliphatic heterocycles. The van der Waals surface area contributed by atoms with E-state index in [9.17, 15) is 0 Å². The normalized spacial score (nSPS) is 12.7. The maximum Gasteiger partial charge on any atom is 0.0982 e. The van der Waals surface area contributed by atoms with Gasteiger partial charge in [-0.1, -0.05) is 35.9 Å². The third kappa shape index (κ3) is 4.41. The van der Waals surface area contributed by atoms with Crippen molar-refractivity contribution in [1.29, 1.82) is 0 Å². The molecule has 0 heterocycles. The van der Waals surface area contributed by atoms with E-state index in [1.807, 2.05) is 30.5 Å². The zero-order valence-corrected chi connectivity index (χ0v) is 10.2. The van der Waals surface area contributed by atoms with E-state index in [1.54, 1.807) is 7.11 Å². The smallest absolute Gasteiger partial charge is 0.0982 e. The molecule has 0 radical (unpaired) electrons. The second-order valence-corrected chi connectivity index (χ2v) is 3.92. The van der Waals surface area contributed by atoms with Crippen molar-refractivity contribution in [2.45, 2.75) is 19.9 Å². The average Bonchev–Trinajstić information content (AvgIpc) is 2.29. The quantitative estimate of drug-likeness (QED) is 0.693. The van der Waals surface area contributed by atoms with Gasteiger partial charge in [0.2, 0.25) is 0 Å².